The minimum atomic E-state index is -2.53. The third kappa shape index (κ3) is 3.63. The second-order valence-electron chi connectivity index (χ2n) is 9.04. The van der Waals surface area contributed by atoms with E-state index in [1.807, 2.05) is 0 Å². The molecule has 0 unspecified atom stereocenters. The van der Waals surface area contributed by atoms with Gasteiger partial charge in [-0.05, 0) is 0 Å². The van der Waals surface area contributed by atoms with Crippen LogP contribution in [0.5, 0.6) is 0 Å². The van der Waals surface area contributed by atoms with Crippen molar-refractivity contribution in [3.05, 3.63) is 112 Å². The van der Waals surface area contributed by atoms with E-state index in [1.165, 1.54) is 58.8 Å². The van der Waals surface area contributed by atoms with Crippen molar-refractivity contribution in [2.75, 3.05) is 0 Å². The summed E-state index contributed by atoms with van der Waals surface area (Å²) < 4.78 is 5.43. The average molecular weight is 657 g/mol. The Bertz CT molecular complexity index is 1610. The molecule has 2 aliphatic carbocycles. The van der Waals surface area contributed by atoms with Gasteiger partial charge in [0.25, 0.3) is 0 Å². The molecule has 172 valence electrons. The summed E-state index contributed by atoms with van der Waals surface area (Å²) in [6, 6.07) is 31.4. The standard InChI is InChI=1S/C16H11BrN.C13H9.2ClH.S.Zr/c1-18-15-5-3-2-4-13(15)14-9-10-8-11(17)6-7-12(10)16(14)18;1-3-7-12-10(5-1)9-11-6-2-4-8-13(11)12;;;;/h2-4,6-8H,9H2,1H3;1-9H;2*1H;;/q;;;;;+2/p-2. The molecule has 1 nitrogen and oxygen atoms in total. The van der Waals surface area contributed by atoms with E-state index in [2.05, 4.69) is 112 Å². The van der Waals surface area contributed by atoms with Gasteiger partial charge < -0.3 is 24.8 Å². The second kappa shape index (κ2) is 9.47. The SMILES string of the molecule is Cn1c2c(c3ccc[c]([Zr+2](=[S])[CH]4c5ccccc5-c5ccccc54)c31)Cc1cc(Br)ccc1-2.[Cl-].[Cl-]. The minimum absolute atomic E-state index is 0. The third-order valence-electron chi connectivity index (χ3n) is 7.37. The number of aromatic nitrogens is 1. The number of fused-ring (bicyclic) bond motifs is 8. The first kappa shape index (κ1) is 25.2. The van der Waals surface area contributed by atoms with Crippen LogP contribution in [0.15, 0.2) is 89.4 Å². The predicted molar refractivity (Wildman–Crippen MR) is 140 cm³/mol. The van der Waals surface area contributed by atoms with E-state index < -0.39 is 19.7 Å². The van der Waals surface area contributed by atoms with Crippen LogP contribution in [-0.2, 0) is 33.2 Å². The van der Waals surface area contributed by atoms with Crippen molar-refractivity contribution < 1.29 is 44.5 Å². The van der Waals surface area contributed by atoms with Gasteiger partial charge in [0, 0.05) is 0 Å². The summed E-state index contributed by atoms with van der Waals surface area (Å²) in [5.41, 5.74) is 12.6. The number of para-hydroxylation sites is 1. The van der Waals surface area contributed by atoms with Gasteiger partial charge >= 0.3 is 214 Å². The zero-order chi connectivity index (χ0) is 22.3. The smallest absolute Gasteiger partial charge is 1.00 e. The van der Waals surface area contributed by atoms with Crippen LogP contribution in [0.3, 0.4) is 0 Å². The Kier molecular flexibility index (Phi) is 6.83. The molecular weight excluding hydrogens is 636 g/mol. The van der Waals surface area contributed by atoms with Gasteiger partial charge in [0.15, 0.2) is 0 Å². The summed E-state index contributed by atoms with van der Waals surface area (Å²) in [6.07, 6.45) is 0.996. The van der Waals surface area contributed by atoms with Crippen molar-refractivity contribution >= 4 is 39.0 Å². The Morgan fingerprint density at radius 2 is 1.49 bits per heavy atom. The molecule has 0 fully saturated rings. The van der Waals surface area contributed by atoms with Gasteiger partial charge in [0.05, 0.1) is 0 Å². The molecule has 0 saturated carbocycles. The second-order valence-corrected chi connectivity index (χ2v) is 17.1. The van der Waals surface area contributed by atoms with Crippen molar-refractivity contribution in [3.63, 3.8) is 0 Å². The summed E-state index contributed by atoms with van der Waals surface area (Å²) in [5, 5.41) is 1.39. The summed E-state index contributed by atoms with van der Waals surface area (Å²) >= 11 is 1.12. The van der Waals surface area contributed by atoms with Crippen LogP contribution in [0, 0.1) is 0 Å². The van der Waals surface area contributed by atoms with Gasteiger partial charge in [-0.15, -0.1) is 0 Å². The summed E-state index contributed by atoms with van der Waals surface area (Å²) in [7, 11) is 8.82. The van der Waals surface area contributed by atoms with Gasteiger partial charge in [0.1, 0.15) is 0 Å². The Balaban J connectivity index is 0.00000127. The predicted octanol–water partition coefficient (Wildman–Crippen LogP) is 1.65. The first-order valence-corrected chi connectivity index (χ1v) is 18.1. The van der Waals surface area contributed by atoms with E-state index in [0.29, 0.717) is 3.63 Å². The van der Waals surface area contributed by atoms with Crippen LogP contribution in [0.2, 0.25) is 0 Å². The largest absolute Gasteiger partial charge is 1.00 e. The maximum absolute atomic E-state index is 6.58. The van der Waals surface area contributed by atoms with Gasteiger partial charge in [-0.25, -0.2) is 0 Å². The van der Waals surface area contributed by atoms with Gasteiger partial charge in [-0.2, -0.15) is 0 Å². The van der Waals surface area contributed by atoms with Gasteiger partial charge in [-0.1, -0.05) is 0 Å². The van der Waals surface area contributed by atoms with Crippen LogP contribution in [0.1, 0.15) is 25.9 Å². The average Bonchev–Trinajstić information content (AvgIpc) is 3.46. The molecule has 7 rings (SSSR count). The summed E-state index contributed by atoms with van der Waals surface area (Å²) in [5.74, 6) is 0. The van der Waals surface area contributed by atoms with Crippen molar-refractivity contribution in [1.29, 1.82) is 0 Å². The molecule has 1 aromatic heterocycles. The molecule has 0 atom stereocenters. The normalized spacial score (nSPS) is 12.6. The molecule has 0 spiro atoms. The molecular formula is C29H20BrCl2NSZr. The number of nitrogens with zero attached hydrogens (tertiary/aromatic N) is 1. The maximum atomic E-state index is 6.58. The van der Waals surface area contributed by atoms with Crippen LogP contribution in [0.4, 0.5) is 0 Å². The molecule has 35 heavy (non-hydrogen) atoms. The Hall–Kier alpha value is -1.42. The van der Waals surface area contributed by atoms with Crippen LogP contribution >= 0.6 is 24.8 Å². The maximum Gasteiger partial charge on any atom is -1.00 e. The van der Waals surface area contributed by atoms with E-state index in [0.717, 1.165) is 10.9 Å². The zero-order valence-corrected chi connectivity index (χ0v) is 25.2. The quantitative estimate of drug-likeness (QED) is 0.275. The van der Waals surface area contributed by atoms with Gasteiger partial charge in [-0.3, -0.25) is 0 Å². The molecule has 6 heteroatoms. The molecule has 0 N–H and O–H groups in total. The van der Waals surface area contributed by atoms with E-state index in [9.17, 15) is 0 Å². The molecule has 0 aliphatic heterocycles. The molecule has 1 heterocycles. The van der Waals surface area contributed by atoms with Crippen LogP contribution in [-0.4, -0.2) is 4.57 Å². The van der Waals surface area contributed by atoms with Crippen molar-refractivity contribution in [2.24, 2.45) is 7.05 Å². The fourth-order valence-electron chi connectivity index (χ4n) is 6.03. The number of hydrogen-bond donors (Lipinski definition) is 0. The monoisotopic (exact) mass is 653 g/mol. The molecule has 4 aromatic carbocycles. The van der Waals surface area contributed by atoms with Gasteiger partial charge in [0.2, 0.25) is 0 Å². The summed E-state index contributed by atoms with van der Waals surface area (Å²) in [6.45, 7) is 0. The first-order chi connectivity index (χ1) is 16.1. The number of rotatable bonds is 2. The number of halogens is 3. The Morgan fingerprint density at radius 3 is 2.17 bits per heavy atom. The molecule has 0 amide bonds. The van der Waals surface area contributed by atoms with Crippen LogP contribution in [0.25, 0.3) is 33.3 Å². The zero-order valence-electron chi connectivity index (χ0n) is 18.9. The van der Waals surface area contributed by atoms with E-state index >= 15 is 0 Å². The van der Waals surface area contributed by atoms with Crippen molar-refractivity contribution in [3.8, 4) is 22.4 Å². The molecule has 2 aliphatic rings. The Morgan fingerprint density at radius 1 is 0.829 bits per heavy atom. The molecule has 0 radical (unpaired) electrons. The topological polar surface area (TPSA) is 4.93 Å². The molecule has 5 aromatic rings. The third-order valence-corrected chi connectivity index (χ3v) is 15.7. The first-order valence-electron chi connectivity index (χ1n) is 11.2. The van der Waals surface area contributed by atoms with Crippen molar-refractivity contribution in [1.82, 2.24) is 4.57 Å². The molecule has 0 saturated heterocycles. The molecule has 0 bridgehead atoms. The van der Waals surface area contributed by atoms with E-state index in [1.54, 1.807) is 0 Å². The van der Waals surface area contributed by atoms with E-state index in [-0.39, 0.29) is 24.8 Å². The fourth-order valence-corrected chi connectivity index (χ4v) is 14.3. The minimum Gasteiger partial charge on any atom is -1.00 e. The number of hydrogen-bond acceptors (Lipinski definition) is 1. The summed E-state index contributed by atoms with van der Waals surface area (Å²) in [4.78, 5) is 0. The van der Waals surface area contributed by atoms with Crippen molar-refractivity contribution in [2.45, 2.75) is 10.0 Å². The van der Waals surface area contributed by atoms with E-state index in [4.69, 9.17) is 8.86 Å². The number of aryl methyl sites for hydroxylation is 1. The Labute approximate surface area is 237 Å². The number of benzene rings is 4. The fraction of sp³-hybridized carbons (Fsp3) is 0.103. The van der Waals surface area contributed by atoms with Crippen LogP contribution < -0.4 is 28.1 Å².